The van der Waals surface area contributed by atoms with Gasteiger partial charge in [0.1, 0.15) is 21.8 Å². The van der Waals surface area contributed by atoms with Gasteiger partial charge in [-0.05, 0) is 70.1 Å². The van der Waals surface area contributed by atoms with Crippen molar-refractivity contribution in [3.8, 4) is 6.07 Å². The summed E-state index contributed by atoms with van der Waals surface area (Å²) in [6.07, 6.45) is 4.92. The quantitative estimate of drug-likeness (QED) is 0.389. The molecule has 2 aliphatic heterocycles. The molecule has 1 amide bonds. The number of carbonyl (C=O) groups is 1. The Morgan fingerprint density at radius 3 is 2.42 bits per heavy atom. The number of rotatable bonds is 6. The largest absolute Gasteiger partial charge is 0.357 e. The van der Waals surface area contributed by atoms with Crippen LogP contribution in [-0.2, 0) is 17.8 Å². The Morgan fingerprint density at radius 1 is 1.19 bits per heavy atom. The molecular formula is C28H32N4O2S2. The summed E-state index contributed by atoms with van der Waals surface area (Å²) in [7, 11) is 0. The molecule has 0 saturated carbocycles. The summed E-state index contributed by atoms with van der Waals surface area (Å²) in [5, 5.41) is 9.79. The molecule has 8 heteroatoms. The normalized spacial score (nSPS) is 17.9. The summed E-state index contributed by atoms with van der Waals surface area (Å²) in [5.74, 6) is 1.25. The average Bonchev–Trinajstić information content (AvgIpc) is 3.14. The number of piperidine rings is 1. The molecule has 2 aliphatic rings. The van der Waals surface area contributed by atoms with Gasteiger partial charge in [0.25, 0.3) is 11.5 Å². The first-order valence-electron chi connectivity index (χ1n) is 12.5. The number of anilines is 1. The predicted octanol–water partition coefficient (Wildman–Crippen LogP) is 5.12. The zero-order valence-electron chi connectivity index (χ0n) is 21.3. The van der Waals surface area contributed by atoms with Crippen LogP contribution in [0.15, 0.2) is 40.0 Å². The van der Waals surface area contributed by atoms with Gasteiger partial charge >= 0.3 is 0 Å². The monoisotopic (exact) mass is 520 g/mol. The van der Waals surface area contributed by atoms with E-state index in [-0.39, 0.29) is 23.1 Å². The smallest absolute Gasteiger partial charge is 0.270 e. The van der Waals surface area contributed by atoms with Crippen molar-refractivity contribution in [2.45, 2.75) is 59.5 Å². The zero-order valence-corrected chi connectivity index (χ0v) is 22.9. The van der Waals surface area contributed by atoms with Crippen molar-refractivity contribution in [1.29, 1.82) is 5.26 Å². The molecule has 36 heavy (non-hydrogen) atoms. The van der Waals surface area contributed by atoms with Gasteiger partial charge in [-0.3, -0.25) is 19.1 Å². The Balaban J connectivity index is 1.73. The summed E-state index contributed by atoms with van der Waals surface area (Å²) < 4.78 is 2.23. The van der Waals surface area contributed by atoms with Crippen molar-refractivity contribution in [2.24, 2.45) is 5.92 Å². The fourth-order valence-corrected chi connectivity index (χ4v) is 6.64. The first-order valence-corrected chi connectivity index (χ1v) is 13.7. The van der Waals surface area contributed by atoms with Gasteiger partial charge in [-0.25, -0.2) is 0 Å². The van der Waals surface area contributed by atoms with E-state index in [0.29, 0.717) is 27.3 Å². The molecule has 2 fully saturated rings. The Kier molecular flexibility index (Phi) is 8.01. The third-order valence-electron chi connectivity index (χ3n) is 7.06. The third kappa shape index (κ3) is 5.00. The van der Waals surface area contributed by atoms with E-state index in [0.717, 1.165) is 43.7 Å². The lowest BCUT2D eigenvalue weighted by molar-refractivity contribution is -0.123. The molecule has 0 aliphatic carbocycles. The number of benzene rings is 1. The number of hydrogen-bond acceptors (Lipinski definition) is 6. The Labute approximate surface area is 222 Å². The number of aromatic nitrogens is 1. The van der Waals surface area contributed by atoms with Crippen LogP contribution in [0.1, 0.15) is 55.9 Å². The predicted molar refractivity (Wildman–Crippen MR) is 151 cm³/mol. The number of nitrogens with zero attached hydrogens (tertiary/aromatic N) is 4. The van der Waals surface area contributed by atoms with Crippen LogP contribution >= 0.6 is 24.0 Å². The van der Waals surface area contributed by atoms with Gasteiger partial charge in [0.15, 0.2) is 0 Å². The zero-order chi connectivity index (χ0) is 26.0. The van der Waals surface area contributed by atoms with Crippen molar-refractivity contribution < 1.29 is 4.79 Å². The van der Waals surface area contributed by atoms with E-state index in [1.165, 1.54) is 17.3 Å². The second-order valence-corrected chi connectivity index (χ2v) is 11.3. The van der Waals surface area contributed by atoms with Crippen LogP contribution in [0.5, 0.6) is 0 Å². The Bertz CT molecular complexity index is 1300. The maximum atomic E-state index is 13.3. The van der Waals surface area contributed by atoms with E-state index < -0.39 is 0 Å². The van der Waals surface area contributed by atoms with E-state index in [9.17, 15) is 14.9 Å². The van der Waals surface area contributed by atoms with E-state index in [1.54, 1.807) is 16.4 Å². The maximum Gasteiger partial charge on any atom is 0.270 e. The van der Waals surface area contributed by atoms with Crippen molar-refractivity contribution in [1.82, 2.24) is 9.47 Å². The number of thioether (sulfide) groups is 1. The Hall–Kier alpha value is -2.89. The molecule has 2 aromatic rings. The number of hydrogen-bond donors (Lipinski definition) is 0. The SMILES string of the molecule is CCn1c(N2CCC(Cc3ccccc3)CC2)c(C=C2SC(=S)N(C(C)C)C2=O)c(C)c(C#N)c1=O. The highest BCUT2D eigenvalue weighted by molar-refractivity contribution is 8.26. The molecule has 6 nitrogen and oxygen atoms in total. The molecule has 188 valence electrons. The van der Waals surface area contributed by atoms with Crippen molar-refractivity contribution in [3.63, 3.8) is 0 Å². The van der Waals surface area contributed by atoms with Gasteiger partial charge in [0.2, 0.25) is 0 Å². The van der Waals surface area contributed by atoms with Gasteiger partial charge in [0, 0.05) is 31.2 Å². The summed E-state index contributed by atoms with van der Waals surface area (Å²) >= 11 is 6.75. The molecule has 4 rings (SSSR count). The van der Waals surface area contributed by atoms with E-state index in [1.807, 2.05) is 32.9 Å². The lowest BCUT2D eigenvalue weighted by atomic mass is 9.90. The minimum atomic E-state index is -0.272. The van der Waals surface area contributed by atoms with Crippen LogP contribution in [0.4, 0.5) is 5.82 Å². The Morgan fingerprint density at radius 2 is 1.86 bits per heavy atom. The molecule has 1 aromatic carbocycles. The van der Waals surface area contributed by atoms with Crippen molar-refractivity contribution >= 4 is 46.1 Å². The van der Waals surface area contributed by atoms with Gasteiger partial charge in [-0.2, -0.15) is 5.26 Å². The highest BCUT2D eigenvalue weighted by Gasteiger charge is 2.35. The number of nitriles is 1. The highest BCUT2D eigenvalue weighted by Crippen LogP contribution is 2.37. The summed E-state index contributed by atoms with van der Waals surface area (Å²) in [6.45, 7) is 9.68. The fourth-order valence-electron chi connectivity index (χ4n) is 5.13. The van der Waals surface area contributed by atoms with Crippen LogP contribution in [0.2, 0.25) is 0 Å². The standard InChI is InChI=1S/C28H32N4O2S2/c1-5-31-25(30-13-11-21(12-14-30)15-20-9-7-6-8-10-20)22(19(4)23(17-29)26(31)33)16-24-27(34)32(18(2)3)28(35)36-24/h6-10,16,18,21H,5,11-15H2,1-4H3. The minimum Gasteiger partial charge on any atom is -0.357 e. The van der Waals surface area contributed by atoms with Crippen molar-refractivity contribution in [3.05, 3.63) is 67.8 Å². The summed E-state index contributed by atoms with van der Waals surface area (Å²) in [5.41, 5.74) is 2.58. The molecule has 0 bridgehead atoms. The molecule has 2 saturated heterocycles. The molecule has 1 aromatic heterocycles. The van der Waals surface area contributed by atoms with Crippen LogP contribution in [0, 0.1) is 24.2 Å². The highest BCUT2D eigenvalue weighted by atomic mass is 32.2. The maximum absolute atomic E-state index is 13.3. The number of amides is 1. The number of carbonyl (C=O) groups excluding carboxylic acids is 1. The molecule has 0 spiro atoms. The minimum absolute atomic E-state index is 0.0353. The third-order valence-corrected chi connectivity index (χ3v) is 8.39. The van der Waals surface area contributed by atoms with E-state index in [4.69, 9.17) is 12.2 Å². The lowest BCUT2D eigenvalue weighted by Crippen LogP contribution is -2.39. The molecular weight excluding hydrogens is 488 g/mol. The van der Waals surface area contributed by atoms with Gasteiger partial charge in [0.05, 0.1) is 4.91 Å². The van der Waals surface area contributed by atoms with Crippen LogP contribution in [0.3, 0.4) is 0 Å². The summed E-state index contributed by atoms with van der Waals surface area (Å²) in [4.78, 5) is 30.8. The van der Waals surface area contributed by atoms with Gasteiger partial charge in [-0.15, -0.1) is 0 Å². The molecule has 0 N–H and O–H groups in total. The summed E-state index contributed by atoms with van der Waals surface area (Å²) in [6, 6.07) is 12.6. The van der Waals surface area contributed by atoms with Crippen molar-refractivity contribution in [2.75, 3.05) is 18.0 Å². The average molecular weight is 521 g/mol. The molecule has 3 heterocycles. The number of thiocarbonyl (C=S) groups is 1. The van der Waals surface area contributed by atoms with Gasteiger partial charge < -0.3 is 4.90 Å². The van der Waals surface area contributed by atoms with Crippen LogP contribution in [0.25, 0.3) is 6.08 Å². The van der Waals surface area contributed by atoms with E-state index in [2.05, 4.69) is 35.2 Å². The number of pyridine rings is 1. The first-order chi connectivity index (χ1) is 17.3. The topological polar surface area (TPSA) is 69.3 Å². The fraction of sp³-hybridized carbons (Fsp3) is 0.429. The molecule has 0 atom stereocenters. The second-order valence-electron chi connectivity index (χ2n) is 9.66. The van der Waals surface area contributed by atoms with Crippen LogP contribution < -0.4 is 10.5 Å². The molecule has 0 unspecified atom stereocenters. The van der Waals surface area contributed by atoms with E-state index >= 15 is 0 Å². The molecule has 0 radical (unpaired) electrons. The first kappa shape index (κ1) is 26.2. The van der Waals surface area contributed by atoms with Gasteiger partial charge in [-0.1, -0.05) is 54.3 Å². The lowest BCUT2D eigenvalue weighted by Gasteiger charge is -2.36. The second kappa shape index (κ2) is 11.0. The van der Waals surface area contributed by atoms with Crippen LogP contribution in [-0.4, -0.2) is 38.8 Å².